The lowest BCUT2D eigenvalue weighted by molar-refractivity contribution is -0.145. The number of carbonyl (C=O) groups is 5. The molecule has 0 radical (unpaired) electrons. The molecule has 4 amide bonds. The van der Waals surface area contributed by atoms with Crippen molar-refractivity contribution in [2.24, 2.45) is 11.5 Å². The van der Waals surface area contributed by atoms with E-state index in [2.05, 4.69) is 38.5 Å². The molecule has 14 nitrogen and oxygen atoms in total. The highest BCUT2D eigenvalue weighted by atomic mass is 32.1. The quantitative estimate of drug-likeness (QED) is 0.127. The van der Waals surface area contributed by atoms with E-state index >= 15 is 0 Å². The van der Waals surface area contributed by atoms with E-state index in [0.717, 1.165) is 0 Å². The molecular formula is C17H27N7O7S. The van der Waals surface area contributed by atoms with Gasteiger partial charge < -0.3 is 42.6 Å². The van der Waals surface area contributed by atoms with Crippen LogP contribution in [-0.2, 0) is 30.4 Å². The van der Waals surface area contributed by atoms with Crippen LogP contribution in [-0.4, -0.2) is 85.8 Å². The molecule has 0 aromatic carbocycles. The Morgan fingerprint density at radius 1 is 1.12 bits per heavy atom. The van der Waals surface area contributed by atoms with Crippen LogP contribution in [0.4, 0.5) is 0 Å². The monoisotopic (exact) mass is 473 g/mol. The second kappa shape index (κ2) is 12.6. The van der Waals surface area contributed by atoms with Gasteiger partial charge in [0.15, 0.2) is 6.04 Å². The molecule has 0 aliphatic carbocycles. The lowest BCUT2D eigenvalue weighted by Gasteiger charge is -2.25. The normalized spacial score (nSPS) is 15.5. The van der Waals surface area contributed by atoms with Gasteiger partial charge in [0.1, 0.15) is 12.1 Å². The summed E-state index contributed by atoms with van der Waals surface area (Å²) >= 11 is 4.00. The first-order valence-electron chi connectivity index (χ1n) is 9.40. The third kappa shape index (κ3) is 8.52. The summed E-state index contributed by atoms with van der Waals surface area (Å²) in [6, 6.07) is -5.42. The lowest BCUT2D eigenvalue weighted by Crippen LogP contribution is -2.59. The first-order valence-corrected chi connectivity index (χ1v) is 10.0. The van der Waals surface area contributed by atoms with E-state index in [4.69, 9.17) is 11.5 Å². The zero-order valence-corrected chi connectivity index (χ0v) is 18.0. The molecule has 5 unspecified atom stereocenters. The predicted molar refractivity (Wildman–Crippen MR) is 113 cm³/mol. The van der Waals surface area contributed by atoms with Crippen LogP contribution < -0.4 is 27.4 Å². The third-order valence-electron chi connectivity index (χ3n) is 4.23. The number of aliphatic hydroxyl groups is 1. The maximum atomic E-state index is 12.7. The number of amides is 4. The number of carboxylic acids is 1. The van der Waals surface area contributed by atoms with Crippen LogP contribution in [0.2, 0.25) is 0 Å². The van der Waals surface area contributed by atoms with Gasteiger partial charge >= 0.3 is 5.97 Å². The predicted octanol–water partition coefficient (Wildman–Crippen LogP) is -4.00. The Kier molecular flexibility index (Phi) is 10.6. The van der Waals surface area contributed by atoms with Crippen molar-refractivity contribution in [1.29, 1.82) is 0 Å². The Balaban J connectivity index is 2.95. The van der Waals surface area contributed by atoms with Crippen molar-refractivity contribution in [2.75, 3.05) is 5.75 Å². The number of carbonyl (C=O) groups excluding carboxylic acids is 4. The third-order valence-corrected chi connectivity index (χ3v) is 4.60. The van der Waals surface area contributed by atoms with E-state index in [1.165, 1.54) is 19.4 Å². The molecule has 0 bridgehead atoms. The number of nitrogens with one attached hydrogen (secondary N) is 4. The number of nitrogens with two attached hydrogens (primary N) is 2. The first kappa shape index (κ1) is 26.9. The van der Waals surface area contributed by atoms with E-state index in [1.807, 2.05) is 0 Å². The van der Waals surface area contributed by atoms with Gasteiger partial charge in [0.05, 0.1) is 24.9 Å². The van der Waals surface area contributed by atoms with Crippen LogP contribution in [0.15, 0.2) is 12.5 Å². The van der Waals surface area contributed by atoms with E-state index in [9.17, 15) is 34.2 Å². The van der Waals surface area contributed by atoms with Gasteiger partial charge in [0, 0.05) is 24.1 Å². The van der Waals surface area contributed by atoms with Crippen LogP contribution in [0.1, 0.15) is 19.0 Å². The van der Waals surface area contributed by atoms with Gasteiger partial charge in [-0.05, 0) is 6.92 Å². The molecule has 0 spiro atoms. The number of thiol groups is 1. The molecule has 0 saturated carbocycles. The first-order chi connectivity index (χ1) is 15.0. The second-order valence-corrected chi connectivity index (χ2v) is 7.29. The molecule has 0 aliphatic heterocycles. The van der Waals surface area contributed by atoms with Crippen molar-refractivity contribution in [3.63, 3.8) is 0 Å². The van der Waals surface area contributed by atoms with Gasteiger partial charge in [-0.1, -0.05) is 0 Å². The summed E-state index contributed by atoms with van der Waals surface area (Å²) in [6.45, 7) is 1.18. The molecule has 10 N–H and O–H groups in total. The minimum atomic E-state index is -1.61. The van der Waals surface area contributed by atoms with Crippen molar-refractivity contribution in [1.82, 2.24) is 25.9 Å². The zero-order chi connectivity index (χ0) is 24.4. The maximum absolute atomic E-state index is 12.7. The van der Waals surface area contributed by atoms with Crippen LogP contribution in [0, 0.1) is 0 Å². The largest absolute Gasteiger partial charge is 0.480 e. The number of H-pyrrole nitrogens is 1. The van der Waals surface area contributed by atoms with Gasteiger partial charge in [-0.3, -0.25) is 19.2 Å². The lowest BCUT2D eigenvalue weighted by atomic mass is 10.1. The highest BCUT2D eigenvalue weighted by Crippen LogP contribution is 2.03. The van der Waals surface area contributed by atoms with Crippen molar-refractivity contribution in [3.05, 3.63) is 18.2 Å². The fourth-order valence-electron chi connectivity index (χ4n) is 2.52. The van der Waals surface area contributed by atoms with E-state index < -0.39 is 66.3 Å². The standard InChI is InChI=1S/C17H27N7O7S/c1-7(25)13(17(30)31)24-15(28)10(2-8-4-20-6-21-8)22-16(29)11(5-32)23-14(27)9(18)3-12(19)26/h4,6-7,9-11,13,25,32H,2-3,5,18H2,1H3,(H2,19,26)(H,20,21)(H,22,29)(H,23,27)(H,24,28)(H,30,31). The van der Waals surface area contributed by atoms with Crippen LogP contribution in [0.3, 0.4) is 0 Å². The Bertz CT molecular complexity index is 818. The van der Waals surface area contributed by atoms with Gasteiger partial charge in [-0.2, -0.15) is 12.6 Å². The number of primary amides is 1. The maximum Gasteiger partial charge on any atom is 0.328 e. The highest BCUT2D eigenvalue weighted by Gasteiger charge is 2.32. The number of carboxylic acid groups (broad SMARTS) is 1. The van der Waals surface area contributed by atoms with Crippen molar-refractivity contribution < 1.29 is 34.2 Å². The van der Waals surface area contributed by atoms with Crippen LogP contribution in [0.25, 0.3) is 0 Å². The molecule has 0 aliphatic rings. The van der Waals surface area contributed by atoms with Crippen LogP contribution >= 0.6 is 12.6 Å². The molecule has 15 heteroatoms. The second-order valence-electron chi connectivity index (χ2n) is 6.93. The highest BCUT2D eigenvalue weighted by molar-refractivity contribution is 7.80. The number of aliphatic carboxylic acids is 1. The topological polar surface area (TPSA) is 243 Å². The number of hydrogen-bond acceptors (Lipinski definition) is 9. The number of aliphatic hydroxyl groups excluding tert-OH is 1. The van der Waals surface area contributed by atoms with E-state index in [0.29, 0.717) is 5.69 Å². The summed E-state index contributed by atoms with van der Waals surface area (Å²) in [5.74, 6) is -4.98. The smallest absolute Gasteiger partial charge is 0.328 e. The summed E-state index contributed by atoms with van der Waals surface area (Å²) in [5, 5.41) is 25.6. The number of nitrogens with zero attached hydrogens (tertiary/aromatic N) is 1. The fourth-order valence-corrected chi connectivity index (χ4v) is 2.78. The summed E-state index contributed by atoms with van der Waals surface area (Å²) in [4.78, 5) is 66.2. The number of hydrogen-bond donors (Lipinski definition) is 9. The Morgan fingerprint density at radius 3 is 2.19 bits per heavy atom. The SMILES string of the molecule is CC(O)C(NC(=O)C(Cc1cnc[nH]1)NC(=O)C(CS)NC(=O)C(N)CC(N)=O)C(=O)O. The number of rotatable bonds is 13. The minimum absolute atomic E-state index is 0.0991. The molecule has 0 saturated heterocycles. The summed E-state index contributed by atoms with van der Waals surface area (Å²) in [6.07, 6.45) is 0.803. The minimum Gasteiger partial charge on any atom is -0.480 e. The van der Waals surface area contributed by atoms with Gasteiger partial charge in [0.25, 0.3) is 0 Å². The van der Waals surface area contributed by atoms with Gasteiger partial charge in [0.2, 0.25) is 23.6 Å². The molecule has 5 atom stereocenters. The van der Waals surface area contributed by atoms with Crippen molar-refractivity contribution >= 4 is 42.2 Å². The number of aromatic amines is 1. The molecule has 178 valence electrons. The zero-order valence-electron chi connectivity index (χ0n) is 17.1. The van der Waals surface area contributed by atoms with Gasteiger partial charge in [-0.25, -0.2) is 9.78 Å². The summed E-state index contributed by atoms with van der Waals surface area (Å²) in [7, 11) is 0. The molecule has 1 aromatic rings. The van der Waals surface area contributed by atoms with E-state index in [1.54, 1.807) is 0 Å². The Hall–Kier alpha value is -3.17. The number of aromatic nitrogens is 2. The molecular weight excluding hydrogens is 446 g/mol. The van der Waals surface area contributed by atoms with Crippen molar-refractivity contribution in [2.45, 2.75) is 50.0 Å². The number of imidazole rings is 1. The molecule has 32 heavy (non-hydrogen) atoms. The van der Waals surface area contributed by atoms with Gasteiger partial charge in [-0.15, -0.1) is 0 Å². The van der Waals surface area contributed by atoms with Crippen molar-refractivity contribution in [3.8, 4) is 0 Å². The molecule has 0 fully saturated rings. The van der Waals surface area contributed by atoms with E-state index in [-0.39, 0.29) is 12.2 Å². The fraction of sp³-hybridized carbons (Fsp3) is 0.529. The molecule has 1 aromatic heterocycles. The van der Waals surface area contributed by atoms with Crippen LogP contribution in [0.5, 0.6) is 0 Å². The Labute approximate surface area is 188 Å². The molecule has 1 rings (SSSR count). The summed E-state index contributed by atoms with van der Waals surface area (Å²) < 4.78 is 0. The Morgan fingerprint density at radius 2 is 1.72 bits per heavy atom. The average Bonchev–Trinajstić information content (AvgIpc) is 3.21. The summed E-state index contributed by atoms with van der Waals surface area (Å²) in [5.41, 5.74) is 11.0. The molecule has 1 heterocycles. The average molecular weight is 474 g/mol.